The summed E-state index contributed by atoms with van der Waals surface area (Å²) in [6.07, 6.45) is 1.02. The van der Waals surface area contributed by atoms with E-state index in [1.54, 1.807) is 12.1 Å². The molecule has 2 amide bonds. The Hall–Kier alpha value is -1.56. The largest absolute Gasteiger partial charge is 0.477 e. The summed E-state index contributed by atoms with van der Waals surface area (Å²) in [6, 6.07) is 3.03. The van der Waals surface area contributed by atoms with Crippen molar-refractivity contribution in [2.75, 3.05) is 6.54 Å². The molecule has 5 nitrogen and oxygen atoms in total. The molecule has 1 aromatic heterocycles. The van der Waals surface area contributed by atoms with E-state index in [-0.39, 0.29) is 10.9 Å². The molecular formula is C12H18N2O3S. The van der Waals surface area contributed by atoms with Crippen LogP contribution in [0.2, 0.25) is 0 Å². The lowest BCUT2D eigenvalue weighted by molar-refractivity contribution is 0.0702. The lowest BCUT2D eigenvalue weighted by Gasteiger charge is -2.10. The molecular weight excluding hydrogens is 252 g/mol. The van der Waals surface area contributed by atoms with Crippen LogP contribution in [0.1, 0.15) is 34.8 Å². The zero-order valence-electron chi connectivity index (χ0n) is 10.5. The molecule has 1 atom stereocenters. The summed E-state index contributed by atoms with van der Waals surface area (Å²) in [5, 5.41) is 14.2. The van der Waals surface area contributed by atoms with Crippen molar-refractivity contribution in [2.24, 2.45) is 5.92 Å². The smallest absolute Gasteiger partial charge is 0.345 e. The van der Waals surface area contributed by atoms with Crippen LogP contribution in [-0.4, -0.2) is 23.7 Å². The van der Waals surface area contributed by atoms with Gasteiger partial charge < -0.3 is 15.7 Å². The summed E-state index contributed by atoms with van der Waals surface area (Å²) in [6.45, 7) is 5.14. The SMILES string of the molecule is CCC(C)CNC(=O)NCc1ccc(C(=O)O)s1. The van der Waals surface area contributed by atoms with Crippen LogP contribution in [0.25, 0.3) is 0 Å². The van der Waals surface area contributed by atoms with Crippen LogP contribution in [0.15, 0.2) is 12.1 Å². The van der Waals surface area contributed by atoms with Gasteiger partial charge in [0.15, 0.2) is 0 Å². The molecule has 0 radical (unpaired) electrons. The summed E-state index contributed by atoms with van der Waals surface area (Å²) in [4.78, 5) is 23.2. The van der Waals surface area contributed by atoms with Crippen molar-refractivity contribution in [3.05, 3.63) is 21.9 Å². The first kappa shape index (κ1) is 14.5. The monoisotopic (exact) mass is 270 g/mol. The van der Waals surface area contributed by atoms with Gasteiger partial charge in [-0.05, 0) is 18.1 Å². The van der Waals surface area contributed by atoms with Crippen molar-refractivity contribution in [3.63, 3.8) is 0 Å². The minimum absolute atomic E-state index is 0.222. The maximum Gasteiger partial charge on any atom is 0.345 e. The van der Waals surface area contributed by atoms with Crippen molar-refractivity contribution >= 4 is 23.3 Å². The minimum atomic E-state index is -0.938. The Labute approximate surface area is 110 Å². The molecule has 0 bridgehead atoms. The number of hydrogen-bond acceptors (Lipinski definition) is 3. The number of carboxylic acid groups (broad SMARTS) is 1. The van der Waals surface area contributed by atoms with Gasteiger partial charge in [0.05, 0.1) is 6.54 Å². The highest BCUT2D eigenvalue weighted by atomic mass is 32.1. The second-order valence-electron chi connectivity index (χ2n) is 4.15. The molecule has 1 aromatic rings. The first-order valence-electron chi connectivity index (χ1n) is 5.86. The van der Waals surface area contributed by atoms with Gasteiger partial charge in [-0.2, -0.15) is 0 Å². The maximum atomic E-state index is 11.4. The lowest BCUT2D eigenvalue weighted by atomic mass is 10.1. The molecule has 6 heteroatoms. The molecule has 0 aliphatic heterocycles. The molecule has 100 valence electrons. The summed E-state index contributed by atoms with van der Waals surface area (Å²) in [5.74, 6) is -0.483. The van der Waals surface area contributed by atoms with Gasteiger partial charge in [-0.1, -0.05) is 20.3 Å². The molecule has 1 heterocycles. The van der Waals surface area contributed by atoms with Gasteiger partial charge in [0.2, 0.25) is 0 Å². The van der Waals surface area contributed by atoms with Crippen LogP contribution in [0, 0.1) is 5.92 Å². The second-order valence-corrected chi connectivity index (χ2v) is 5.32. The molecule has 0 fully saturated rings. The quantitative estimate of drug-likeness (QED) is 0.742. The molecule has 3 N–H and O–H groups in total. The van der Waals surface area contributed by atoms with E-state index >= 15 is 0 Å². The fraction of sp³-hybridized carbons (Fsp3) is 0.500. The Morgan fingerprint density at radius 3 is 2.67 bits per heavy atom. The predicted molar refractivity (Wildman–Crippen MR) is 71.0 cm³/mol. The molecule has 1 unspecified atom stereocenters. The lowest BCUT2D eigenvalue weighted by Crippen LogP contribution is -2.37. The van der Waals surface area contributed by atoms with Crippen LogP contribution < -0.4 is 10.6 Å². The van der Waals surface area contributed by atoms with E-state index in [2.05, 4.69) is 24.5 Å². The Morgan fingerprint density at radius 2 is 2.11 bits per heavy atom. The van der Waals surface area contributed by atoms with Crippen LogP contribution in [0.4, 0.5) is 4.79 Å². The topological polar surface area (TPSA) is 78.4 Å². The Bertz CT molecular complexity index is 417. The Kier molecular flexibility index (Phi) is 5.64. The third-order valence-electron chi connectivity index (χ3n) is 2.60. The molecule has 0 aliphatic carbocycles. The molecule has 18 heavy (non-hydrogen) atoms. The number of carboxylic acids is 1. The first-order chi connectivity index (χ1) is 8.52. The van der Waals surface area contributed by atoms with E-state index in [4.69, 9.17) is 5.11 Å². The van der Waals surface area contributed by atoms with Gasteiger partial charge in [-0.25, -0.2) is 9.59 Å². The number of aromatic carboxylic acids is 1. The minimum Gasteiger partial charge on any atom is -0.477 e. The molecule has 1 rings (SSSR count). The zero-order valence-corrected chi connectivity index (χ0v) is 11.3. The van der Waals surface area contributed by atoms with Crippen molar-refractivity contribution in [2.45, 2.75) is 26.8 Å². The predicted octanol–water partition coefficient (Wildman–Crippen LogP) is 2.29. The highest BCUT2D eigenvalue weighted by Crippen LogP contribution is 2.15. The molecule has 0 saturated heterocycles. The molecule has 0 aromatic carbocycles. The van der Waals surface area contributed by atoms with Crippen molar-refractivity contribution in [1.29, 1.82) is 0 Å². The summed E-state index contributed by atoms with van der Waals surface area (Å²) in [5.41, 5.74) is 0. The number of carbonyl (C=O) groups excluding carboxylic acids is 1. The average molecular weight is 270 g/mol. The van der Waals surface area contributed by atoms with Crippen LogP contribution in [0.3, 0.4) is 0 Å². The van der Waals surface area contributed by atoms with Crippen LogP contribution in [0.5, 0.6) is 0 Å². The Balaban J connectivity index is 2.31. The number of amides is 2. The van der Waals surface area contributed by atoms with E-state index < -0.39 is 5.97 Å². The third-order valence-corrected chi connectivity index (χ3v) is 3.68. The second kappa shape index (κ2) is 7.00. The molecule has 0 aliphatic rings. The fourth-order valence-electron chi connectivity index (χ4n) is 1.23. The first-order valence-corrected chi connectivity index (χ1v) is 6.68. The van der Waals surface area contributed by atoms with Crippen molar-refractivity contribution in [1.82, 2.24) is 10.6 Å². The van der Waals surface area contributed by atoms with E-state index in [9.17, 15) is 9.59 Å². The standard InChI is InChI=1S/C12H18N2O3S/c1-3-8(2)6-13-12(17)14-7-9-4-5-10(18-9)11(15)16/h4-5,8H,3,6-7H2,1-2H3,(H,15,16)(H2,13,14,17). The number of carbonyl (C=O) groups is 2. The highest BCUT2D eigenvalue weighted by molar-refractivity contribution is 7.13. The number of thiophene rings is 1. The Morgan fingerprint density at radius 1 is 1.39 bits per heavy atom. The van der Waals surface area contributed by atoms with Crippen molar-refractivity contribution in [3.8, 4) is 0 Å². The average Bonchev–Trinajstić information content (AvgIpc) is 2.82. The number of hydrogen-bond donors (Lipinski definition) is 3. The van der Waals surface area contributed by atoms with E-state index in [1.807, 2.05) is 0 Å². The van der Waals surface area contributed by atoms with Gasteiger partial charge in [-0.15, -0.1) is 11.3 Å². The van der Waals surface area contributed by atoms with E-state index in [1.165, 1.54) is 11.3 Å². The van der Waals surface area contributed by atoms with E-state index in [0.29, 0.717) is 19.0 Å². The molecule has 0 spiro atoms. The number of urea groups is 1. The molecule has 0 saturated carbocycles. The normalized spacial score (nSPS) is 11.9. The number of rotatable bonds is 6. The summed E-state index contributed by atoms with van der Waals surface area (Å²) >= 11 is 1.17. The van der Waals surface area contributed by atoms with Crippen LogP contribution >= 0.6 is 11.3 Å². The third kappa shape index (κ3) is 4.75. The zero-order chi connectivity index (χ0) is 13.5. The van der Waals surface area contributed by atoms with Gasteiger partial charge in [-0.3, -0.25) is 0 Å². The van der Waals surface area contributed by atoms with Gasteiger partial charge in [0.25, 0.3) is 0 Å². The van der Waals surface area contributed by atoms with Crippen LogP contribution in [-0.2, 0) is 6.54 Å². The summed E-state index contributed by atoms with van der Waals surface area (Å²) in [7, 11) is 0. The highest BCUT2D eigenvalue weighted by Gasteiger charge is 2.08. The van der Waals surface area contributed by atoms with Gasteiger partial charge >= 0.3 is 12.0 Å². The van der Waals surface area contributed by atoms with Gasteiger partial charge in [0.1, 0.15) is 4.88 Å². The maximum absolute atomic E-state index is 11.4. The van der Waals surface area contributed by atoms with Crippen molar-refractivity contribution < 1.29 is 14.7 Å². The van der Waals surface area contributed by atoms with E-state index in [0.717, 1.165) is 11.3 Å². The van der Waals surface area contributed by atoms with Gasteiger partial charge in [0, 0.05) is 11.4 Å². The fourth-order valence-corrected chi connectivity index (χ4v) is 2.02. The summed E-state index contributed by atoms with van der Waals surface area (Å²) < 4.78 is 0. The number of nitrogens with one attached hydrogen (secondary N) is 2.